The van der Waals surface area contributed by atoms with Crippen LogP contribution in [0.5, 0.6) is 0 Å². The van der Waals surface area contributed by atoms with Gasteiger partial charge >= 0.3 is 0 Å². The number of ether oxygens (including phenoxy) is 1. The summed E-state index contributed by atoms with van der Waals surface area (Å²) in [6.45, 7) is 0.970. The lowest BCUT2D eigenvalue weighted by atomic mass is 9.96. The average Bonchev–Trinajstić information content (AvgIpc) is 3.21. The molecule has 1 aliphatic heterocycles. The maximum atomic E-state index is 10.8. The van der Waals surface area contributed by atoms with Crippen molar-refractivity contribution < 1.29 is 25.3 Å². The third-order valence-electron chi connectivity index (χ3n) is 5.02. The fourth-order valence-electron chi connectivity index (χ4n) is 3.49. The van der Waals surface area contributed by atoms with E-state index in [1.165, 1.54) is 17.8 Å². The summed E-state index contributed by atoms with van der Waals surface area (Å²) in [6, 6.07) is 9.36. The van der Waals surface area contributed by atoms with Gasteiger partial charge in [0.1, 0.15) is 29.8 Å². The number of aromatic nitrogens is 3. The molecule has 0 saturated carbocycles. The monoisotopic (exact) mass is 396 g/mol. The minimum atomic E-state index is -1.69. The van der Waals surface area contributed by atoms with E-state index in [1.54, 1.807) is 6.20 Å². The number of fused-ring (bicyclic) bond motifs is 1. The fourth-order valence-corrected chi connectivity index (χ4v) is 3.49. The molecule has 9 heteroatoms. The van der Waals surface area contributed by atoms with Crippen molar-refractivity contribution in [2.75, 3.05) is 12.1 Å². The van der Waals surface area contributed by atoms with E-state index in [1.807, 2.05) is 35.8 Å². The Balaban J connectivity index is 1.88. The zero-order valence-corrected chi connectivity index (χ0v) is 15.5. The molecule has 150 valence electrons. The van der Waals surface area contributed by atoms with Crippen LogP contribution in [-0.4, -0.2) is 59.5 Å². The number of hydrogen-bond donors (Lipinski definition) is 5. The predicted molar refractivity (Wildman–Crippen MR) is 103 cm³/mol. The van der Waals surface area contributed by atoms with Gasteiger partial charge in [-0.3, -0.25) is 10.7 Å². The van der Waals surface area contributed by atoms with Crippen LogP contribution in [0.15, 0.2) is 42.9 Å². The normalized spacial score (nSPS) is 26.3. The van der Waals surface area contributed by atoms with Crippen molar-refractivity contribution in [3.63, 3.8) is 0 Å². The molecule has 9 nitrogen and oxygen atoms in total. The van der Waals surface area contributed by atoms with Crippen molar-refractivity contribution in [1.29, 1.82) is 0 Å². The SMILES string of the molecule is C[C@@]1(O)[C@H](O)[C@@H](CO)O[C@H]1n1cc(C#Cc2ccccc2)c2c(NO)ncnc21. The van der Waals surface area contributed by atoms with Crippen LogP contribution < -0.4 is 5.48 Å². The van der Waals surface area contributed by atoms with E-state index in [-0.39, 0.29) is 5.82 Å². The number of benzene rings is 1. The zero-order valence-electron chi connectivity index (χ0n) is 15.5. The van der Waals surface area contributed by atoms with Crippen LogP contribution in [-0.2, 0) is 4.74 Å². The van der Waals surface area contributed by atoms with Gasteiger partial charge in [-0.15, -0.1) is 0 Å². The van der Waals surface area contributed by atoms with E-state index < -0.39 is 30.6 Å². The average molecular weight is 396 g/mol. The molecule has 0 aliphatic carbocycles. The molecule has 3 aromatic rings. The van der Waals surface area contributed by atoms with Gasteiger partial charge in [-0.25, -0.2) is 9.97 Å². The molecule has 0 bridgehead atoms. The van der Waals surface area contributed by atoms with Crippen molar-refractivity contribution in [2.45, 2.75) is 31.0 Å². The molecular weight excluding hydrogens is 376 g/mol. The fraction of sp³-hybridized carbons (Fsp3) is 0.300. The molecule has 2 aromatic heterocycles. The maximum absolute atomic E-state index is 10.8. The summed E-state index contributed by atoms with van der Waals surface area (Å²) >= 11 is 0. The smallest absolute Gasteiger partial charge is 0.167 e. The van der Waals surface area contributed by atoms with E-state index in [0.29, 0.717) is 16.6 Å². The largest absolute Gasteiger partial charge is 0.394 e. The minimum Gasteiger partial charge on any atom is -0.394 e. The van der Waals surface area contributed by atoms with Crippen LogP contribution >= 0.6 is 0 Å². The molecule has 0 amide bonds. The first-order chi connectivity index (χ1) is 14.0. The number of anilines is 1. The van der Waals surface area contributed by atoms with Crippen molar-refractivity contribution in [3.05, 3.63) is 54.0 Å². The second kappa shape index (κ2) is 7.44. The van der Waals surface area contributed by atoms with Crippen molar-refractivity contribution in [1.82, 2.24) is 14.5 Å². The van der Waals surface area contributed by atoms with Gasteiger partial charge in [-0.2, -0.15) is 0 Å². The van der Waals surface area contributed by atoms with Crippen LogP contribution in [0.25, 0.3) is 11.0 Å². The second-order valence-corrected chi connectivity index (χ2v) is 6.98. The third-order valence-corrected chi connectivity index (χ3v) is 5.02. The molecule has 0 radical (unpaired) electrons. The molecule has 1 fully saturated rings. The molecule has 4 rings (SSSR count). The van der Waals surface area contributed by atoms with E-state index in [9.17, 15) is 20.5 Å². The molecule has 0 unspecified atom stereocenters. The van der Waals surface area contributed by atoms with E-state index in [0.717, 1.165) is 5.56 Å². The van der Waals surface area contributed by atoms with Gasteiger partial charge in [0.15, 0.2) is 12.0 Å². The number of nitrogens with one attached hydrogen (secondary N) is 1. The first-order valence-corrected chi connectivity index (χ1v) is 8.96. The summed E-state index contributed by atoms with van der Waals surface area (Å²) < 4.78 is 7.22. The molecule has 1 aromatic carbocycles. The highest BCUT2D eigenvalue weighted by Crippen LogP contribution is 2.40. The van der Waals surface area contributed by atoms with Gasteiger partial charge in [0, 0.05) is 11.8 Å². The van der Waals surface area contributed by atoms with Crippen LogP contribution in [0.1, 0.15) is 24.3 Å². The summed E-state index contributed by atoms with van der Waals surface area (Å²) in [6.07, 6.45) is -0.433. The summed E-state index contributed by atoms with van der Waals surface area (Å²) in [5.41, 5.74) is 1.97. The molecule has 29 heavy (non-hydrogen) atoms. The number of nitrogens with zero attached hydrogens (tertiary/aromatic N) is 3. The Morgan fingerprint density at radius 3 is 2.66 bits per heavy atom. The molecule has 5 N–H and O–H groups in total. The minimum absolute atomic E-state index is 0.142. The molecule has 1 aliphatic rings. The Bertz CT molecular complexity index is 1090. The van der Waals surface area contributed by atoms with Gasteiger partial charge < -0.3 is 24.6 Å². The van der Waals surface area contributed by atoms with Crippen molar-refractivity contribution in [2.24, 2.45) is 0 Å². The summed E-state index contributed by atoms with van der Waals surface area (Å²) in [5, 5.41) is 40.5. The van der Waals surface area contributed by atoms with Crippen LogP contribution in [0.2, 0.25) is 0 Å². The highest BCUT2D eigenvalue weighted by Gasteiger charge is 2.53. The second-order valence-electron chi connectivity index (χ2n) is 6.98. The molecule has 4 atom stereocenters. The zero-order chi connectivity index (χ0) is 20.6. The molecular formula is C20H20N4O5. The Kier molecular flexibility index (Phi) is 4.96. The van der Waals surface area contributed by atoms with E-state index in [2.05, 4.69) is 21.8 Å². The predicted octanol–water partition coefficient (Wildman–Crippen LogP) is 0.634. The van der Waals surface area contributed by atoms with Crippen LogP contribution in [0.3, 0.4) is 0 Å². The first kappa shape index (κ1) is 19.3. The molecule has 0 spiro atoms. The van der Waals surface area contributed by atoms with Crippen LogP contribution in [0, 0.1) is 11.8 Å². The maximum Gasteiger partial charge on any atom is 0.167 e. The van der Waals surface area contributed by atoms with Gasteiger partial charge in [0.25, 0.3) is 0 Å². The van der Waals surface area contributed by atoms with Crippen LogP contribution in [0.4, 0.5) is 5.82 Å². The standard InChI is InChI=1S/C20H20N4O5/c1-20(27)16(26)14(10-25)29-19(20)24-9-13(8-7-12-5-3-2-4-6-12)15-17(23-28)21-11-22-18(15)24/h2-6,9,11,14,16,19,25-28H,10H2,1H3,(H,21,22,23)/t14-,16-,19-,20-/m1/s1. The summed E-state index contributed by atoms with van der Waals surface area (Å²) in [5.74, 6) is 6.21. The van der Waals surface area contributed by atoms with Gasteiger partial charge in [0.2, 0.25) is 0 Å². The van der Waals surface area contributed by atoms with Gasteiger partial charge in [-0.1, -0.05) is 30.0 Å². The molecule has 1 saturated heterocycles. The molecule has 3 heterocycles. The number of hydrogen-bond acceptors (Lipinski definition) is 8. The van der Waals surface area contributed by atoms with E-state index >= 15 is 0 Å². The highest BCUT2D eigenvalue weighted by atomic mass is 16.6. The Labute approximate surface area is 166 Å². The lowest BCUT2D eigenvalue weighted by Crippen LogP contribution is -2.44. The van der Waals surface area contributed by atoms with Crippen molar-refractivity contribution >= 4 is 16.9 Å². The Morgan fingerprint density at radius 1 is 1.24 bits per heavy atom. The first-order valence-electron chi connectivity index (χ1n) is 8.96. The summed E-state index contributed by atoms with van der Waals surface area (Å²) in [4.78, 5) is 8.27. The lowest BCUT2D eigenvalue weighted by molar-refractivity contribution is -0.0948. The topological polar surface area (TPSA) is 133 Å². The lowest BCUT2D eigenvalue weighted by Gasteiger charge is -2.27. The summed E-state index contributed by atoms with van der Waals surface area (Å²) in [7, 11) is 0. The quantitative estimate of drug-likeness (QED) is 0.322. The van der Waals surface area contributed by atoms with E-state index in [4.69, 9.17) is 4.74 Å². The number of rotatable bonds is 3. The van der Waals surface area contributed by atoms with Gasteiger partial charge in [-0.05, 0) is 19.1 Å². The van der Waals surface area contributed by atoms with Gasteiger partial charge in [0.05, 0.1) is 17.6 Å². The van der Waals surface area contributed by atoms with Crippen molar-refractivity contribution in [3.8, 4) is 11.8 Å². The highest BCUT2D eigenvalue weighted by molar-refractivity contribution is 5.93. The third kappa shape index (κ3) is 3.23. The Hall–Kier alpha value is -3.00. The number of aliphatic hydroxyl groups excluding tert-OH is 2. The Morgan fingerprint density at radius 2 is 2.00 bits per heavy atom. The number of aliphatic hydroxyl groups is 3.